The molecule has 0 spiro atoms. The van der Waals surface area contributed by atoms with Crippen LogP contribution in [0.5, 0.6) is 0 Å². The summed E-state index contributed by atoms with van der Waals surface area (Å²) in [5.41, 5.74) is 6.74. The van der Waals surface area contributed by atoms with Gasteiger partial charge in [-0.1, -0.05) is 33.2 Å². The highest BCUT2D eigenvalue weighted by atomic mass is 79.9. The van der Waals surface area contributed by atoms with E-state index in [1.54, 1.807) is 0 Å². The summed E-state index contributed by atoms with van der Waals surface area (Å²) in [5, 5.41) is 4.02. The van der Waals surface area contributed by atoms with E-state index < -0.39 is 0 Å². The Bertz CT molecular complexity index is 587. The topological polar surface area (TPSA) is 74.2 Å². The van der Waals surface area contributed by atoms with Crippen LogP contribution in [-0.2, 0) is 11.2 Å². The molecule has 1 aromatic heterocycles. The van der Waals surface area contributed by atoms with Gasteiger partial charge in [0.1, 0.15) is 6.10 Å². The van der Waals surface area contributed by atoms with E-state index in [1.807, 2.05) is 24.3 Å². The second-order valence-electron chi connectivity index (χ2n) is 4.92. The first-order valence-electron chi connectivity index (χ1n) is 6.67. The summed E-state index contributed by atoms with van der Waals surface area (Å²) in [6.07, 6.45) is 2.49. The van der Waals surface area contributed by atoms with Crippen LogP contribution >= 0.6 is 15.9 Å². The van der Waals surface area contributed by atoms with E-state index in [4.69, 9.17) is 15.0 Å². The number of nitrogens with zero attached hydrogens (tertiary/aromatic N) is 2. The van der Waals surface area contributed by atoms with Crippen LogP contribution in [0, 0.1) is 0 Å². The van der Waals surface area contributed by atoms with Crippen LogP contribution < -0.4 is 5.73 Å². The van der Waals surface area contributed by atoms with Gasteiger partial charge >= 0.3 is 0 Å². The minimum atomic E-state index is -0.104. The van der Waals surface area contributed by atoms with Crippen molar-refractivity contribution in [2.45, 2.75) is 31.5 Å². The Morgan fingerprint density at radius 1 is 1.35 bits per heavy atom. The predicted octanol–water partition coefficient (Wildman–Crippen LogP) is 2.60. The summed E-state index contributed by atoms with van der Waals surface area (Å²) >= 11 is 3.45. The third kappa shape index (κ3) is 3.08. The lowest BCUT2D eigenvalue weighted by Gasteiger charge is -2.07. The molecule has 3 rings (SSSR count). The van der Waals surface area contributed by atoms with Gasteiger partial charge in [0.2, 0.25) is 0 Å². The molecular weight excluding hydrogens is 322 g/mol. The van der Waals surface area contributed by atoms with Crippen LogP contribution in [0.25, 0.3) is 0 Å². The lowest BCUT2D eigenvalue weighted by atomic mass is 10.1. The molecule has 1 saturated heterocycles. The number of hydrogen-bond donors (Lipinski definition) is 1. The Labute approximate surface area is 125 Å². The van der Waals surface area contributed by atoms with Crippen molar-refractivity contribution in [3.8, 4) is 0 Å². The van der Waals surface area contributed by atoms with Crippen molar-refractivity contribution in [1.82, 2.24) is 10.1 Å². The normalized spacial score (nSPS) is 22.3. The Hall–Kier alpha value is -1.24. The highest BCUT2D eigenvalue weighted by molar-refractivity contribution is 9.10. The van der Waals surface area contributed by atoms with Crippen molar-refractivity contribution >= 4 is 15.9 Å². The summed E-state index contributed by atoms with van der Waals surface area (Å²) in [6.45, 7) is 0.537. The molecule has 2 atom stereocenters. The van der Waals surface area contributed by atoms with Gasteiger partial charge in [-0.2, -0.15) is 4.98 Å². The SMILES string of the molecule is NCC1CCC(c2nc(Cc3cccc(Br)c3)no2)O1. The van der Waals surface area contributed by atoms with Gasteiger partial charge in [0, 0.05) is 17.4 Å². The molecule has 0 bridgehead atoms. The fourth-order valence-electron chi connectivity index (χ4n) is 2.36. The van der Waals surface area contributed by atoms with Crippen LogP contribution in [0.3, 0.4) is 0 Å². The molecule has 5 nitrogen and oxygen atoms in total. The number of benzene rings is 1. The van der Waals surface area contributed by atoms with Crippen molar-refractivity contribution < 1.29 is 9.26 Å². The van der Waals surface area contributed by atoms with E-state index in [1.165, 1.54) is 0 Å². The zero-order valence-electron chi connectivity index (χ0n) is 11.0. The van der Waals surface area contributed by atoms with Gasteiger partial charge in [-0.15, -0.1) is 0 Å². The van der Waals surface area contributed by atoms with Gasteiger partial charge in [-0.25, -0.2) is 0 Å². The van der Waals surface area contributed by atoms with Crippen molar-refractivity contribution in [1.29, 1.82) is 0 Å². The zero-order valence-corrected chi connectivity index (χ0v) is 12.5. The monoisotopic (exact) mass is 337 g/mol. The molecule has 1 aliphatic rings. The number of nitrogens with two attached hydrogens (primary N) is 1. The quantitative estimate of drug-likeness (QED) is 0.928. The highest BCUT2D eigenvalue weighted by Crippen LogP contribution is 2.31. The molecule has 2 aromatic rings. The van der Waals surface area contributed by atoms with Gasteiger partial charge in [-0.05, 0) is 30.5 Å². The van der Waals surface area contributed by atoms with Gasteiger partial charge in [0.05, 0.1) is 6.10 Å². The molecule has 1 aromatic carbocycles. The second-order valence-corrected chi connectivity index (χ2v) is 5.83. The van der Waals surface area contributed by atoms with Crippen LogP contribution in [0.2, 0.25) is 0 Å². The minimum Gasteiger partial charge on any atom is -0.364 e. The maximum atomic E-state index is 5.75. The molecular formula is C14H16BrN3O2. The molecule has 6 heteroatoms. The fraction of sp³-hybridized carbons (Fsp3) is 0.429. The number of rotatable bonds is 4. The summed E-state index contributed by atoms with van der Waals surface area (Å²) in [5.74, 6) is 1.24. The standard InChI is InChI=1S/C14H16BrN3O2/c15-10-3-1-2-9(6-10)7-13-17-14(20-18-13)12-5-4-11(8-16)19-12/h1-3,6,11-12H,4-5,7-8,16H2. The van der Waals surface area contributed by atoms with Crippen molar-refractivity contribution in [2.75, 3.05) is 6.54 Å². The first kappa shape index (κ1) is 13.7. The molecule has 2 unspecified atom stereocenters. The second kappa shape index (κ2) is 6.03. The van der Waals surface area contributed by atoms with E-state index in [-0.39, 0.29) is 12.2 Å². The zero-order chi connectivity index (χ0) is 13.9. The van der Waals surface area contributed by atoms with E-state index in [0.717, 1.165) is 22.9 Å². The molecule has 0 amide bonds. The number of ether oxygens (including phenoxy) is 1. The summed E-state index contributed by atoms with van der Waals surface area (Å²) in [7, 11) is 0. The first-order chi connectivity index (χ1) is 9.74. The average molecular weight is 338 g/mol. The number of hydrogen-bond acceptors (Lipinski definition) is 5. The lowest BCUT2D eigenvalue weighted by molar-refractivity contribution is 0.0307. The smallest absolute Gasteiger partial charge is 0.255 e. The van der Waals surface area contributed by atoms with Crippen LogP contribution in [0.15, 0.2) is 33.3 Å². The van der Waals surface area contributed by atoms with Crippen LogP contribution in [0.1, 0.15) is 36.2 Å². The van der Waals surface area contributed by atoms with Crippen LogP contribution in [-0.4, -0.2) is 22.8 Å². The van der Waals surface area contributed by atoms with Crippen LogP contribution in [0.4, 0.5) is 0 Å². The lowest BCUT2D eigenvalue weighted by Crippen LogP contribution is -2.18. The summed E-state index contributed by atoms with van der Waals surface area (Å²) < 4.78 is 12.1. The highest BCUT2D eigenvalue weighted by Gasteiger charge is 2.29. The maximum absolute atomic E-state index is 5.75. The van der Waals surface area contributed by atoms with E-state index >= 15 is 0 Å². The van der Waals surface area contributed by atoms with E-state index in [0.29, 0.717) is 24.7 Å². The van der Waals surface area contributed by atoms with Crippen molar-refractivity contribution in [2.24, 2.45) is 5.73 Å². The van der Waals surface area contributed by atoms with Crippen molar-refractivity contribution in [3.63, 3.8) is 0 Å². The number of halogens is 1. The molecule has 0 radical (unpaired) electrons. The Balaban J connectivity index is 1.68. The Morgan fingerprint density at radius 2 is 2.25 bits per heavy atom. The van der Waals surface area contributed by atoms with E-state index in [9.17, 15) is 0 Å². The first-order valence-corrected chi connectivity index (χ1v) is 7.46. The number of aromatic nitrogens is 2. The maximum Gasteiger partial charge on any atom is 0.255 e. The molecule has 2 heterocycles. The summed E-state index contributed by atoms with van der Waals surface area (Å²) in [4.78, 5) is 4.43. The van der Waals surface area contributed by atoms with Gasteiger partial charge in [-0.3, -0.25) is 0 Å². The summed E-state index contributed by atoms with van der Waals surface area (Å²) in [6, 6.07) is 8.07. The average Bonchev–Trinajstić information content (AvgIpc) is 3.07. The fourth-order valence-corrected chi connectivity index (χ4v) is 2.81. The molecule has 2 N–H and O–H groups in total. The van der Waals surface area contributed by atoms with E-state index in [2.05, 4.69) is 26.1 Å². The minimum absolute atomic E-state index is 0.104. The predicted molar refractivity (Wildman–Crippen MR) is 77.1 cm³/mol. The van der Waals surface area contributed by atoms with Gasteiger partial charge in [0.15, 0.2) is 5.82 Å². The Morgan fingerprint density at radius 3 is 3.00 bits per heavy atom. The van der Waals surface area contributed by atoms with Gasteiger partial charge < -0.3 is 15.0 Å². The third-order valence-corrected chi connectivity index (χ3v) is 3.87. The third-order valence-electron chi connectivity index (χ3n) is 3.38. The molecule has 0 saturated carbocycles. The molecule has 20 heavy (non-hydrogen) atoms. The molecule has 106 valence electrons. The van der Waals surface area contributed by atoms with Crippen molar-refractivity contribution in [3.05, 3.63) is 46.0 Å². The molecule has 1 aliphatic heterocycles. The van der Waals surface area contributed by atoms with Gasteiger partial charge in [0.25, 0.3) is 5.89 Å². The Kier molecular flexibility index (Phi) is 4.14. The molecule has 1 fully saturated rings. The largest absolute Gasteiger partial charge is 0.364 e. The molecule has 0 aliphatic carbocycles.